The van der Waals surface area contributed by atoms with Crippen LogP contribution in [0.4, 0.5) is 0 Å². The summed E-state index contributed by atoms with van der Waals surface area (Å²) in [7, 11) is 0. The van der Waals surface area contributed by atoms with Crippen molar-refractivity contribution in [3.63, 3.8) is 0 Å². The van der Waals surface area contributed by atoms with E-state index >= 15 is 0 Å². The van der Waals surface area contributed by atoms with Crippen molar-refractivity contribution in [3.05, 3.63) is 12.2 Å². The molecule has 0 spiro atoms. The van der Waals surface area contributed by atoms with E-state index in [1.165, 1.54) is 116 Å². The van der Waals surface area contributed by atoms with Crippen LogP contribution in [0.15, 0.2) is 12.2 Å². The lowest BCUT2D eigenvalue weighted by Crippen LogP contribution is -2.65. The molecule has 0 saturated carbocycles. The Morgan fingerprint density at radius 3 is 1.62 bits per heavy atom. The molecule has 2 rings (SSSR count). The Hall–Kier alpha value is -0.920. The Kier molecular flexibility index (Phi) is 32.6. The van der Waals surface area contributed by atoms with Crippen molar-refractivity contribution in [3.8, 4) is 0 Å². The van der Waals surface area contributed by atoms with Gasteiger partial charge >= 0.3 is 0 Å². The lowest BCUT2D eigenvalue weighted by Gasteiger charge is -2.46. The molecular formula is C46H87NO13S. The van der Waals surface area contributed by atoms with Crippen molar-refractivity contribution >= 4 is 18.5 Å². The van der Waals surface area contributed by atoms with Crippen LogP contribution in [0.2, 0.25) is 0 Å². The zero-order valence-electron chi connectivity index (χ0n) is 37.4. The predicted molar refractivity (Wildman–Crippen MR) is 239 cm³/mol. The average molecular weight is 894 g/mol. The number of unbranched alkanes of at least 4 members (excludes halogenated alkanes) is 23. The number of aliphatic hydroxyl groups excluding tert-OH is 8. The Bertz CT molecular complexity index is 1090. The highest BCUT2D eigenvalue weighted by Crippen LogP contribution is 2.30. The molecule has 14 nitrogen and oxygen atoms in total. The Morgan fingerprint density at radius 1 is 0.623 bits per heavy atom. The minimum absolute atomic E-state index is 0.243. The summed E-state index contributed by atoms with van der Waals surface area (Å²) in [6.07, 6.45) is 16.5. The minimum atomic E-state index is -1.79. The van der Waals surface area contributed by atoms with E-state index in [9.17, 15) is 45.6 Å². The van der Waals surface area contributed by atoms with E-state index in [4.69, 9.17) is 18.9 Å². The van der Waals surface area contributed by atoms with E-state index in [0.717, 1.165) is 44.3 Å². The van der Waals surface area contributed by atoms with Crippen molar-refractivity contribution in [1.29, 1.82) is 0 Å². The first-order valence-corrected chi connectivity index (χ1v) is 24.7. The third kappa shape index (κ3) is 23.2. The van der Waals surface area contributed by atoms with E-state index < -0.39 is 86.8 Å². The van der Waals surface area contributed by atoms with Crippen molar-refractivity contribution < 1.29 is 64.6 Å². The summed E-state index contributed by atoms with van der Waals surface area (Å²) in [6, 6.07) is -0.910. The van der Waals surface area contributed by atoms with Crippen LogP contribution >= 0.6 is 12.6 Å². The van der Waals surface area contributed by atoms with Crippen LogP contribution in [-0.4, -0.2) is 146 Å². The molecule has 12 atom stereocenters. The molecule has 360 valence electrons. The molecule has 2 aliphatic heterocycles. The molecule has 1 amide bonds. The summed E-state index contributed by atoms with van der Waals surface area (Å²) in [6.45, 7) is 0.521. The SMILES string of the molecule is CCCCCCCCCCCCC/C=C/[C@@H](O)[C@H](CO[C@@H]1O[C@H](CO)[C@@H](O[C@@H]2O[C@H](CO)[C@H](O)[C@H](O)[C@H]2O)[C@H](O)[C@H]1O)NC(=O)CCCCCCCCCCCCCCCS. The Morgan fingerprint density at radius 2 is 1.10 bits per heavy atom. The summed E-state index contributed by atoms with van der Waals surface area (Å²) < 4.78 is 22.6. The number of nitrogens with one attached hydrogen (secondary N) is 1. The maximum absolute atomic E-state index is 13.1. The van der Waals surface area contributed by atoms with Crippen LogP contribution in [0.25, 0.3) is 0 Å². The van der Waals surface area contributed by atoms with Gasteiger partial charge in [0.05, 0.1) is 32.0 Å². The average Bonchev–Trinajstić information content (AvgIpc) is 3.26. The topological polar surface area (TPSA) is 228 Å². The fraction of sp³-hybridized carbons (Fsp3) is 0.935. The molecule has 0 unspecified atom stereocenters. The second-order valence-electron chi connectivity index (χ2n) is 17.3. The van der Waals surface area contributed by atoms with E-state index in [1.807, 2.05) is 6.08 Å². The highest BCUT2D eigenvalue weighted by Gasteiger charge is 2.51. The lowest BCUT2D eigenvalue weighted by molar-refractivity contribution is -0.359. The second kappa shape index (κ2) is 35.4. The molecule has 0 aromatic heterocycles. The number of thiol groups is 1. The standard InChI is InChI=1S/C46H87NO13S/c1-2-3-4-5-6-7-8-10-13-16-19-22-25-28-35(50)34(47-38(51)29-26-23-20-17-14-11-9-12-15-18-21-24-27-30-61)33-57-45-43(56)41(54)44(37(32-49)59-45)60-46-42(55)40(53)39(52)36(31-48)58-46/h25,28,34-37,39-46,48-50,52-56,61H,2-24,26-27,29-33H2,1H3,(H,47,51)/b28-25+/t34-,35+,36+,37+,39-,40-,41+,42+,43+,44+,45+,46-/m0/s1. The smallest absolute Gasteiger partial charge is 0.220 e. The van der Waals surface area contributed by atoms with Crippen LogP contribution in [0.5, 0.6) is 0 Å². The highest BCUT2D eigenvalue weighted by atomic mass is 32.1. The largest absolute Gasteiger partial charge is 0.394 e. The van der Waals surface area contributed by atoms with E-state index in [-0.39, 0.29) is 18.9 Å². The molecule has 0 radical (unpaired) electrons. The Balaban J connectivity index is 1.88. The predicted octanol–water partition coefficient (Wildman–Crippen LogP) is 5.12. The fourth-order valence-corrected chi connectivity index (χ4v) is 8.26. The molecule has 9 N–H and O–H groups in total. The van der Waals surface area contributed by atoms with Gasteiger partial charge in [-0.05, 0) is 31.4 Å². The van der Waals surface area contributed by atoms with Crippen LogP contribution in [0.3, 0.4) is 0 Å². The quantitative estimate of drug-likeness (QED) is 0.0222. The highest BCUT2D eigenvalue weighted by molar-refractivity contribution is 7.80. The summed E-state index contributed by atoms with van der Waals surface area (Å²) in [4.78, 5) is 13.1. The first-order valence-electron chi connectivity index (χ1n) is 24.0. The van der Waals surface area contributed by atoms with Gasteiger partial charge in [-0.1, -0.05) is 154 Å². The van der Waals surface area contributed by atoms with Gasteiger partial charge in [0.25, 0.3) is 0 Å². The zero-order valence-corrected chi connectivity index (χ0v) is 38.3. The van der Waals surface area contributed by atoms with Crippen molar-refractivity contribution in [2.45, 2.75) is 247 Å². The number of carbonyl (C=O) groups is 1. The molecule has 2 heterocycles. The van der Waals surface area contributed by atoms with Crippen LogP contribution < -0.4 is 5.32 Å². The van der Waals surface area contributed by atoms with Gasteiger partial charge in [-0.2, -0.15) is 12.6 Å². The second-order valence-corrected chi connectivity index (χ2v) is 17.8. The van der Waals surface area contributed by atoms with Gasteiger partial charge in [-0.3, -0.25) is 4.79 Å². The summed E-state index contributed by atoms with van der Waals surface area (Å²) >= 11 is 4.27. The van der Waals surface area contributed by atoms with Gasteiger partial charge in [0.2, 0.25) is 5.91 Å². The molecule has 0 aromatic carbocycles. The number of hydrogen-bond acceptors (Lipinski definition) is 14. The molecule has 2 fully saturated rings. The zero-order chi connectivity index (χ0) is 44.7. The molecule has 0 bridgehead atoms. The maximum atomic E-state index is 13.1. The lowest BCUT2D eigenvalue weighted by atomic mass is 9.97. The monoisotopic (exact) mass is 894 g/mol. The molecule has 0 aromatic rings. The Labute approximate surface area is 372 Å². The summed E-state index contributed by atoms with van der Waals surface area (Å²) in [5, 5.41) is 86.5. The number of hydrogen-bond donors (Lipinski definition) is 10. The number of allylic oxidation sites excluding steroid dienone is 1. The third-order valence-electron chi connectivity index (χ3n) is 12.0. The number of amides is 1. The van der Waals surface area contributed by atoms with Gasteiger partial charge in [0.1, 0.15) is 48.8 Å². The van der Waals surface area contributed by atoms with E-state index in [0.29, 0.717) is 6.42 Å². The number of ether oxygens (including phenoxy) is 4. The van der Waals surface area contributed by atoms with Crippen LogP contribution in [0.1, 0.15) is 174 Å². The van der Waals surface area contributed by atoms with Gasteiger partial charge < -0.3 is 65.1 Å². The summed E-state index contributed by atoms with van der Waals surface area (Å²) in [5.74, 6) is 0.733. The number of carbonyl (C=O) groups excluding carboxylic acids is 1. The first-order chi connectivity index (χ1) is 29.6. The molecule has 2 saturated heterocycles. The normalized spacial score (nSPS) is 28.0. The number of aliphatic hydroxyl groups is 8. The minimum Gasteiger partial charge on any atom is -0.394 e. The summed E-state index contributed by atoms with van der Waals surface area (Å²) in [5.41, 5.74) is 0. The molecular weight excluding hydrogens is 807 g/mol. The van der Waals surface area contributed by atoms with Crippen LogP contribution in [0, 0.1) is 0 Å². The molecule has 61 heavy (non-hydrogen) atoms. The van der Waals surface area contributed by atoms with Crippen molar-refractivity contribution in [2.24, 2.45) is 0 Å². The number of rotatable bonds is 37. The third-order valence-corrected chi connectivity index (χ3v) is 12.3. The van der Waals surface area contributed by atoms with Crippen LogP contribution in [-0.2, 0) is 23.7 Å². The van der Waals surface area contributed by atoms with Gasteiger partial charge in [-0.25, -0.2) is 0 Å². The fourth-order valence-electron chi connectivity index (χ4n) is 8.03. The van der Waals surface area contributed by atoms with Gasteiger partial charge in [0.15, 0.2) is 12.6 Å². The molecule has 15 heteroatoms. The van der Waals surface area contributed by atoms with E-state index in [1.54, 1.807) is 6.08 Å². The van der Waals surface area contributed by atoms with Gasteiger partial charge in [0, 0.05) is 6.42 Å². The molecule has 2 aliphatic rings. The first kappa shape index (κ1) is 56.2. The van der Waals surface area contributed by atoms with Crippen molar-refractivity contribution in [2.75, 3.05) is 25.6 Å². The van der Waals surface area contributed by atoms with Crippen molar-refractivity contribution in [1.82, 2.24) is 5.32 Å². The molecule has 0 aliphatic carbocycles. The van der Waals surface area contributed by atoms with E-state index in [2.05, 4.69) is 24.9 Å². The van der Waals surface area contributed by atoms with Gasteiger partial charge in [-0.15, -0.1) is 0 Å². The maximum Gasteiger partial charge on any atom is 0.220 e.